The Balaban J connectivity index is -0.00000000225. The molecule has 0 nitrogen and oxygen atoms in total. The molecule has 0 bridgehead atoms. The van der Waals surface area contributed by atoms with E-state index in [-0.39, 0.29) is 76.7 Å². The van der Waals surface area contributed by atoms with Crippen LogP contribution in [0.15, 0.2) is 0 Å². The summed E-state index contributed by atoms with van der Waals surface area (Å²) >= 11 is 22.0. The fraction of sp³-hybridized carbons (Fsp3) is 0. The van der Waals surface area contributed by atoms with Gasteiger partial charge < -0.3 is 83.5 Å². The molecule has 0 amide bonds. The molecule has 0 aromatic rings. The van der Waals surface area contributed by atoms with Crippen LogP contribution in [-0.2, 0) is 147 Å². The van der Waals surface area contributed by atoms with Crippen LogP contribution in [0.5, 0.6) is 0 Å². The minimum atomic E-state index is 0. The van der Waals surface area contributed by atoms with E-state index in [1.165, 1.54) is 0 Å². The van der Waals surface area contributed by atoms with E-state index in [1.54, 1.807) is 0 Å². The van der Waals surface area contributed by atoms with E-state index < -0.39 is 0 Å². The Kier molecular flexibility index (Phi) is 487. The summed E-state index contributed by atoms with van der Waals surface area (Å²) in [7, 11) is 0. The minimum absolute atomic E-state index is 0. The van der Waals surface area contributed by atoms with Gasteiger partial charge in [-0.1, -0.05) is 0 Å². The number of hydrogen-bond donors (Lipinski definition) is 0. The second kappa shape index (κ2) is 104. The molecule has 0 aromatic carbocycles. The first-order valence-electron chi connectivity index (χ1n) is 0.500. The van der Waals surface area contributed by atoms with Crippen molar-refractivity contribution in [3.63, 3.8) is 0 Å². The van der Waals surface area contributed by atoms with Gasteiger partial charge in [0.25, 0.3) is 0 Å². The topological polar surface area (TPSA) is 0 Å². The third kappa shape index (κ3) is 81.4. The van der Waals surface area contributed by atoms with Crippen LogP contribution in [-0.4, -0.2) is 0 Å². The smallest absolute Gasteiger partial charge is 0 e. The van der Waals surface area contributed by atoms with Crippen LogP contribution >= 0.6 is 0 Å². The molecule has 0 aliphatic rings. The van der Waals surface area contributed by atoms with Crippen molar-refractivity contribution in [2.24, 2.45) is 0 Å². The summed E-state index contributed by atoms with van der Waals surface area (Å²) < 4.78 is 0. The van der Waals surface area contributed by atoms with Gasteiger partial charge in [-0.2, -0.15) is 0 Å². The Labute approximate surface area is 144 Å². The molecule has 0 atom stereocenters. The summed E-state index contributed by atoms with van der Waals surface area (Å²) in [5.41, 5.74) is 0. The third-order valence-corrected chi connectivity index (χ3v) is 0. The molecule has 0 unspecified atom stereocenters. The Morgan fingerprint density at radius 2 is 0.400 bits per heavy atom. The summed E-state index contributed by atoms with van der Waals surface area (Å²) in [5.74, 6) is 0. The maximum absolute atomic E-state index is 3.67. The summed E-state index contributed by atoms with van der Waals surface area (Å²) in [5, 5.41) is 0. The summed E-state index contributed by atoms with van der Waals surface area (Å²) in [6.45, 7) is 0. The van der Waals surface area contributed by atoms with Crippen LogP contribution in [0.3, 0.4) is 0 Å². The summed E-state index contributed by atoms with van der Waals surface area (Å²) in [6, 6.07) is 0. The van der Waals surface area contributed by atoms with Crippen molar-refractivity contribution >= 4 is 83.5 Å². The Bertz CT molecular complexity index is 8.81. The summed E-state index contributed by atoms with van der Waals surface area (Å²) in [4.78, 5) is 0. The third-order valence-electron chi connectivity index (χ3n) is 0. The molecule has 10 heteroatoms. The monoisotopic (exact) mass is 518 g/mol. The van der Waals surface area contributed by atoms with Crippen molar-refractivity contribution in [3.05, 3.63) is 0 Å². The van der Waals surface area contributed by atoms with E-state index in [1.807, 2.05) is 0 Å². The molecule has 0 fully saturated rings. The maximum atomic E-state index is 3.67. The van der Waals surface area contributed by atoms with Crippen LogP contribution in [0.1, 0.15) is 0 Å². The molecule has 0 rings (SSSR count). The SMILES string of the molecule is [Mo].[Mo].[Mo].[S-2].[S-][S-].[S-][S-].[S-][S-]. The zero-order valence-corrected chi connectivity index (χ0v) is 15.8. The first kappa shape index (κ1) is 46.9. The van der Waals surface area contributed by atoms with Crippen LogP contribution in [0.2, 0.25) is 0 Å². The fourth-order valence-corrected chi connectivity index (χ4v) is 0. The predicted molar refractivity (Wildman–Crippen MR) is 51.6 cm³/mol. The van der Waals surface area contributed by atoms with Gasteiger partial charge in [0.1, 0.15) is 0 Å². The molecule has 0 aliphatic carbocycles. The molecule has 0 N–H and O–H groups in total. The standard InChI is InChI=1S/3Mo.3S2.S/c;;;3*1-2;/q;;;4*-2. The molecular weight excluding hydrogens is 512 g/mol. The van der Waals surface area contributed by atoms with E-state index in [2.05, 4.69) is 70.0 Å². The molecule has 10 heavy (non-hydrogen) atoms. The molecule has 0 radical (unpaired) electrons. The van der Waals surface area contributed by atoms with Gasteiger partial charge in [0.05, 0.1) is 0 Å². The van der Waals surface area contributed by atoms with E-state index in [0.717, 1.165) is 0 Å². The molecule has 0 aromatic heterocycles. The van der Waals surface area contributed by atoms with Crippen molar-refractivity contribution in [1.29, 1.82) is 0 Å². The first-order valence-corrected chi connectivity index (χ1v) is 4.50. The second-order valence-electron chi connectivity index (χ2n) is 0. The van der Waals surface area contributed by atoms with Gasteiger partial charge in [-0.05, 0) is 0 Å². The van der Waals surface area contributed by atoms with Crippen molar-refractivity contribution < 1.29 is 63.2 Å². The number of hydrogen-bond acceptors (Lipinski definition) is 6. The normalized spacial score (nSPS) is 1.80. The van der Waals surface area contributed by atoms with Gasteiger partial charge in [-0.25, -0.2) is 0 Å². The van der Waals surface area contributed by atoms with E-state index >= 15 is 0 Å². The van der Waals surface area contributed by atoms with Crippen LogP contribution in [0.25, 0.3) is 0 Å². The van der Waals surface area contributed by atoms with Crippen molar-refractivity contribution in [2.75, 3.05) is 0 Å². The number of rotatable bonds is 0. The van der Waals surface area contributed by atoms with E-state index in [4.69, 9.17) is 0 Å². The quantitative estimate of drug-likeness (QED) is 0.253. The minimum Gasteiger partial charge on any atom is -2.00 e. The maximum Gasteiger partial charge on any atom is 0 e. The summed E-state index contributed by atoms with van der Waals surface area (Å²) in [6.07, 6.45) is 0. The zero-order chi connectivity index (χ0) is 6.00. The van der Waals surface area contributed by atoms with Gasteiger partial charge in [-0.15, -0.1) is 0 Å². The molecule has 0 heterocycles. The Hall–Kier alpha value is 4.51. The Morgan fingerprint density at radius 1 is 0.400 bits per heavy atom. The molecule has 0 saturated heterocycles. The predicted octanol–water partition coefficient (Wildman–Crippen LogP) is -0.0243. The van der Waals surface area contributed by atoms with Gasteiger partial charge >= 0.3 is 0 Å². The molecule has 0 spiro atoms. The van der Waals surface area contributed by atoms with E-state index in [9.17, 15) is 0 Å². The van der Waals surface area contributed by atoms with Crippen molar-refractivity contribution in [1.82, 2.24) is 0 Å². The zero-order valence-electron chi connectivity index (χ0n) is 4.08. The van der Waals surface area contributed by atoms with Crippen LogP contribution < -0.4 is 0 Å². The van der Waals surface area contributed by atoms with Gasteiger partial charge in [-0.3, -0.25) is 0 Å². The largest absolute Gasteiger partial charge is 2.00 e. The Morgan fingerprint density at radius 3 is 0.400 bits per heavy atom. The molecular formula is Mo3S7-8. The second-order valence-corrected chi connectivity index (χ2v) is 0. The van der Waals surface area contributed by atoms with Gasteiger partial charge in [0.15, 0.2) is 0 Å². The molecule has 0 saturated carbocycles. The fourth-order valence-electron chi connectivity index (χ4n) is 0. The van der Waals surface area contributed by atoms with Crippen LogP contribution in [0.4, 0.5) is 0 Å². The molecule has 0 aliphatic heterocycles. The van der Waals surface area contributed by atoms with Crippen molar-refractivity contribution in [3.8, 4) is 0 Å². The van der Waals surface area contributed by atoms with Gasteiger partial charge in [0, 0.05) is 63.2 Å². The van der Waals surface area contributed by atoms with Gasteiger partial charge in [0.2, 0.25) is 0 Å². The van der Waals surface area contributed by atoms with Crippen LogP contribution in [0, 0.1) is 0 Å². The molecule has 68 valence electrons. The van der Waals surface area contributed by atoms with Crippen molar-refractivity contribution in [2.45, 2.75) is 0 Å². The average Bonchev–Trinajstić information content (AvgIpc) is 1.81. The first-order chi connectivity index (χ1) is 3.00. The average molecular weight is 512 g/mol. The van der Waals surface area contributed by atoms with E-state index in [0.29, 0.717) is 0 Å².